The lowest BCUT2D eigenvalue weighted by Crippen LogP contribution is -2.47. The molecule has 0 heterocycles. The predicted molar refractivity (Wildman–Crippen MR) is 74.7 cm³/mol. The molecule has 0 saturated carbocycles. The van der Waals surface area contributed by atoms with E-state index < -0.39 is 23.4 Å². The molecule has 0 aliphatic rings. The third kappa shape index (κ3) is 6.40. The van der Waals surface area contributed by atoms with E-state index in [0.717, 1.165) is 0 Å². The molecule has 0 aromatic carbocycles. The minimum Gasteiger partial charge on any atom is -0.468 e. The van der Waals surface area contributed by atoms with Crippen LogP contribution in [-0.4, -0.2) is 48.5 Å². The van der Waals surface area contributed by atoms with E-state index in [1.165, 1.54) is 14.2 Å². The first-order chi connectivity index (χ1) is 8.91. The molecule has 0 aliphatic heterocycles. The standard InChI is InChI=1S/C13H24N2O5/c1-12(2,3)19-10(16)15(9(14-7)18-8)11(17)20-13(4,5)6/h1-8H3. The molecular formula is C13H24N2O5. The van der Waals surface area contributed by atoms with Gasteiger partial charge in [-0.1, -0.05) is 0 Å². The summed E-state index contributed by atoms with van der Waals surface area (Å²) < 4.78 is 15.2. The SMILES string of the molecule is CN=C(OC)N(C(=O)OC(C)(C)C)C(=O)OC(C)(C)C. The maximum absolute atomic E-state index is 12.1. The second-order valence-corrected chi connectivity index (χ2v) is 6.01. The van der Waals surface area contributed by atoms with Gasteiger partial charge in [-0.15, -0.1) is 4.90 Å². The second kappa shape index (κ2) is 6.58. The normalized spacial score (nSPS) is 12.7. The van der Waals surface area contributed by atoms with Crippen molar-refractivity contribution in [3.05, 3.63) is 0 Å². The third-order valence-electron chi connectivity index (χ3n) is 1.72. The van der Waals surface area contributed by atoms with Crippen LogP contribution in [0.15, 0.2) is 4.99 Å². The lowest BCUT2D eigenvalue weighted by atomic mass is 10.2. The molecular weight excluding hydrogens is 264 g/mol. The van der Waals surface area contributed by atoms with Gasteiger partial charge in [0.15, 0.2) is 0 Å². The molecule has 2 amide bonds. The van der Waals surface area contributed by atoms with Gasteiger partial charge in [0.2, 0.25) is 0 Å². The average Bonchev–Trinajstić information content (AvgIpc) is 2.19. The Hall–Kier alpha value is -1.79. The zero-order chi connectivity index (χ0) is 16.1. The van der Waals surface area contributed by atoms with Gasteiger partial charge in [-0.05, 0) is 41.5 Å². The Morgan fingerprint density at radius 1 is 0.900 bits per heavy atom. The van der Waals surface area contributed by atoms with Gasteiger partial charge in [0, 0.05) is 7.05 Å². The Balaban J connectivity index is 5.30. The van der Waals surface area contributed by atoms with Gasteiger partial charge >= 0.3 is 18.2 Å². The molecule has 0 unspecified atom stereocenters. The molecule has 0 atom stereocenters. The summed E-state index contributed by atoms with van der Waals surface area (Å²) in [5.41, 5.74) is -1.52. The second-order valence-electron chi connectivity index (χ2n) is 6.01. The lowest BCUT2D eigenvalue weighted by Gasteiger charge is -2.28. The molecule has 0 rings (SSSR count). The number of hydrogen-bond donors (Lipinski definition) is 0. The van der Waals surface area contributed by atoms with Crippen LogP contribution in [0, 0.1) is 0 Å². The molecule has 116 valence electrons. The average molecular weight is 288 g/mol. The molecule has 0 fully saturated rings. The van der Waals surface area contributed by atoms with Crippen LogP contribution in [0.4, 0.5) is 9.59 Å². The minimum atomic E-state index is -0.908. The topological polar surface area (TPSA) is 77.4 Å². The van der Waals surface area contributed by atoms with Crippen molar-refractivity contribution in [2.24, 2.45) is 4.99 Å². The quantitative estimate of drug-likeness (QED) is 0.506. The van der Waals surface area contributed by atoms with Crippen molar-refractivity contribution < 1.29 is 23.8 Å². The van der Waals surface area contributed by atoms with Crippen LogP contribution in [0.2, 0.25) is 0 Å². The fourth-order valence-electron chi connectivity index (χ4n) is 1.13. The summed E-state index contributed by atoms with van der Waals surface area (Å²) in [5.74, 6) is 0. The molecule has 0 N–H and O–H groups in total. The monoisotopic (exact) mass is 288 g/mol. The van der Waals surface area contributed by atoms with Crippen molar-refractivity contribution in [3.8, 4) is 0 Å². The van der Waals surface area contributed by atoms with E-state index in [0.29, 0.717) is 4.90 Å². The number of carbonyl (C=O) groups excluding carboxylic acids is 2. The van der Waals surface area contributed by atoms with Gasteiger partial charge in [-0.25, -0.2) is 14.6 Å². The van der Waals surface area contributed by atoms with Crippen LogP contribution >= 0.6 is 0 Å². The van der Waals surface area contributed by atoms with Crippen LogP contribution in [0.1, 0.15) is 41.5 Å². The number of amidine groups is 1. The Labute approximate surface area is 119 Å². The summed E-state index contributed by atoms with van der Waals surface area (Å²) in [4.78, 5) is 28.5. The largest absolute Gasteiger partial charge is 0.468 e. The van der Waals surface area contributed by atoms with E-state index >= 15 is 0 Å². The summed E-state index contributed by atoms with van der Waals surface area (Å²) in [5, 5.41) is 0. The van der Waals surface area contributed by atoms with Crippen molar-refractivity contribution in [2.45, 2.75) is 52.7 Å². The molecule has 0 aliphatic carbocycles. The molecule has 0 aromatic rings. The number of rotatable bonds is 0. The van der Waals surface area contributed by atoms with Crippen LogP contribution in [-0.2, 0) is 14.2 Å². The van der Waals surface area contributed by atoms with E-state index in [1.807, 2.05) is 0 Å². The number of aliphatic imine (C=N–C) groups is 1. The highest BCUT2D eigenvalue weighted by Gasteiger charge is 2.35. The van der Waals surface area contributed by atoms with E-state index in [4.69, 9.17) is 14.2 Å². The summed E-state index contributed by atoms with van der Waals surface area (Å²) in [6.45, 7) is 10.1. The third-order valence-corrected chi connectivity index (χ3v) is 1.72. The number of nitrogens with zero attached hydrogens (tertiary/aromatic N) is 2. The zero-order valence-electron chi connectivity index (χ0n) is 13.4. The molecule has 7 nitrogen and oxygen atoms in total. The van der Waals surface area contributed by atoms with Crippen LogP contribution in [0.25, 0.3) is 0 Å². The summed E-state index contributed by atoms with van der Waals surface area (Å²) >= 11 is 0. The number of ether oxygens (including phenoxy) is 3. The highest BCUT2D eigenvalue weighted by molar-refractivity contribution is 6.05. The van der Waals surface area contributed by atoms with Crippen molar-refractivity contribution >= 4 is 18.2 Å². The van der Waals surface area contributed by atoms with Gasteiger partial charge in [-0.2, -0.15) is 0 Å². The van der Waals surface area contributed by atoms with Crippen LogP contribution in [0.3, 0.4) is 0 Å². The molecule has 0 aromatic heterocycles. The van der Waals surface area contributed by atoms with Gasteiger partial charge in [0.25, 0.3) is 0 Å². The van der Waals surface area contributed by atoms with E-state index in [9.17, 15) is 9.59 Å². The molecule has 0 spiro atoms. The van der Waals surface area contributed by atoms with Gasteiger partial charge in [0.05, 0.1) is 7.11 Å². The zero-order valence-corrected chi connectivity index (χ0v) is 13.4. The summed E-state index contributed by atoms with van der Waals surface area (Å²) in [6.07, 6.45) is -1.82. The fraction of sp³-hybridized carbons (Fsp3) is 0.769. The number of methoxy groups -OCH3 is 1. The number of hydrogen-bond acceptors (Lipinski definition) is 6. The maximum atomic E-state index is 12.1. The highest BCUT2D eigenvalue weighted by atomic mass is 16.6. The van der Waals surface area contributed by atoms with Crippen LogP contribution < -0.4 is 0 Å². The molecule has 20 heavy (non-hydrogen) atoms. The predicted octanol–water partition coefficient (Wildman–Crippen LogP) is 2.79. The highest BCUT2D eigenvalue weighted by Crippen LogP contribution is 2.15. The minimum absolute atomic E-state index is 0.200. The Kier molecular flexibility index (Phi) is 5.99. The van der Waals surface area contributed by atoms with E-state index in [1.54, 1.807) is 41.5 Å². The summed E-state index contributed by atoms with van der Waals surface area (Å²) in [6, 6.07) is -0.200. The molecule has 0 saturated heterocycles. The van der Waals surface area contributed by atoms with Gasteiger partial charge in [-0.3, -0.25) is 0 Å². The van der Waals surface area contributed by atoms with Crippen LogP contribution in [0.5, 0.6) is 0 Å². The fourth-order valence-corrected chi connectivity index (χ4v) is 1.13. The lowest BCUT2D eigenvalue weighted by molar-refractivity contribution is 0.0109. The first kappa shape index (κ1) is 18.2. The smallest absolute Gasteiger partial charge is 0.428 e. The number of amides is 2. The first-order valence-corrected chi connectivity index (χ1v) is 6.18. The van der Waals surface area contributed by atoms with Crippen molar-refractivity contribution in [3.63, 3.8) is 0 Å². The maximum Gasteiger partial charge on any atom is 0.428 e. The number of imide groups is 1. The van der Waals surface area contributed by atoms with Gasteiger partial charge in [0.1, 0.15) is 11.2 Å². The Morgan fingerprint density at radius 3 is 1.45 bits per heavy atom. The van der Waals surface area contributed by atoms with E-state index in [-0.39, 0.29) is 6.02 Å². The Morgan fingerprint density at radius 2 is 1.25 bits per heavy atom. The number of carbonyl (C=O) groups is 2. The van der Waals surface area contributed by atoms with E-state index in [2.05, 4.69) is 4.99 Å². The molecule has 0 bridgehead atoms. The summed E-state index contributed by atoms with van der Waals surface area (Å²) in [7, 11) is 2.69. The molecule has 7 heteroatoms. The molecule has 0 radical (unpaired) electrons. The Bertz CT molecular complexity index is 363. The van der Waals surface area contributed by atoms with Crippen molar-refractivity contribution in [1.29, 1.82) is 0 Å². The first-order valence-electron chi connectivity index (χ1n) is 6.18. The van der Waals surface area contributed by atoms with Crippen molar-refractivity contribution in [1.82, 2.24) is 4.90 Å². The van der Waals surface area contributed by atoms with Gasteiger partial charge < -0.3 is 14.2 Å². The van der Waals surface area contributed by atoms with Crippen molar-refractivity contribution in [2.75, 3.05) is 14.2 Å².